The van der Waals surface area contributed by atoms with E-state index < -0.39 is 0 Å². The van der Waals surface area contributed by atoms with Gasteiger partial charge in [-0.3, -0.25) is 14.6 Å². The molecule has 0 radical (unpaired) electrons. The summed E-state index contributed by atoms with van der Waals surface area (Å²) in [5.41, 5.74) is 2.16. The van der Waals surface area contributed by atoms with Gasteiger partial charge in [-0.2, -0.15) is 0 Å². The molecule has 1 aromatic carbocycles. The van der Waals surface area contributed by atoms with Gasteiger partial charge >= 0.3 is 0 Å². The van der Waals surface area contributed by atoms with Crippen LogP contribution in [-0.4, -0.2) is 34.8 Å². The fourth-order valence-electron chi connectivity index (χ4n) is 3.15. The fraction of sp³-hybridized carbons (Fsp3) is 0.316. The lowest BCUT2D eigenvalue weighted by Gasteiger charge is -2.22. The summed E-state index contributed by atoms with van der Waals surface area (Å²) in [4.78, 5) is 28.6. The van der Waals surface area contributed by atoms with Crippen LogP contribution in [0.2, 0.25) is 0 Å². The number of rotatable bonds is 5. The molecule has 2 heterocycles. The Hall–Kier alpha value is -2.76. The van der Waals surface area contributed by atoms with Crippen molar-refractivity contribution < 1.29 is 14.0 Å². The summed E-state index contributed by atoms with van der Waals surface area (Å²) in [5.74, 6) is -0.506. The number of aromatic nitrogens is 1. The highest BCUT2D eigenvalue weighted by Crippen LogP contribution is 2.24. The molecule has 1 aliphatic rings. The minimum Gasteiger partial charge on any atom is -0.348 e. The monoisotopic (exact) mass is 341 g/mol. The first-order valence-electron chi connectivity index (χ1n) is 8.31. The van der Waals surface area contributed by atoms with E-state index in [2.05, 4.69) is 10.3 Å². The Morgan fingerprint density at radius 1 is 1.36 bits per heavy atom. The van der Waals surface area contributed by atoms with Gasteiger partial charge < -0.3 is 10.2 Å². The van der Waals surface area contributed by atoms with E-state index in [0.29, 0.717) is 18.5 Å². The third-order valence-electron chi connectivity index (χ3n) is 4.59. The van der Waals surface area contributed by atoms with Crippen LogP contribution in [0.3, 0.4) is 0 Å². The van der Waals surface area contributed by atoms with Crippen LogP contribution in [0.15, 0.2) is 42.7 Å². The number of nitrogens with zero attached hydrogens (tertiary/aromatic N) is 2. The molecule has 3 rings (SSSR count). The minimum absolute atomic E-state index is 0.138. The number of halogens is 1. The lowest BCUT2D eigenvalue weighted by atomic mass is 10.0. The van der Waals surface area contributed by atoms with Gasteiger partial charge in [0.1, 0.15) is 11.9 Å². The lowest BCUT2D eigenvalue weighted by Crippen LogP contribution is -2.43. The van der Waals surface area contributed by atoms with Crippen LogP contribution in [-0.2, 0) is 9.59 Å². The van der Waals surface area contributed by atoms with E-state index in [4.69, 9.17) is 0 Å². The summed E-state index contributed by atoms with van der Waals surface area (Å²) >= 11 is 0. The van der Waals surface area contributed by atoms with E-state index in [1.165, 1.54) is 11.1 Å². The van der Waals surface area contributed by atoms with Crippen LogP contribution < -0.4 is 5.32 Å². The number of carbonyl (C=O) groups excluding carboxylic acids is 2. The number of amides is 2. The van der Waals surface area contributed by atoms with Gasteiger partial charge in [0.2, 0.25) is 12.3 Å². The molecule has 0 spiro atoms. The van der Waals surface area contributed by atoms with Crippen molar-refractivity contribution in [3.8, 4) is 11.1 Å². The Bertz CT molecular complexity index is 764. The molecule has 6 heteroatoms. The standard InChI is InChI=1S/C19H20FN3O2/c1-13(22-19(25)18-3-2-10-23(18)12-24)14-4-6-15(7-5-14)16-8-9-21-11-17(16)20/h4-9,11-13,18H,2-3,10H2,1H3,(H,22,25). The molecule has 25 heavy (non-hydrogen) atoms. The number of nitrogens with one attached hydrogen (secondary N) is 1. The fourth-order valence-corrected chi connectivity index (χ4v) is 3.15. The molecule has 2 amide bonds. The van der Waals surface area contributed by atoms with Gasteiger partial charge in [0.05, 0.1) is 12.2 Å². The second-order valence-electron chi connectivity index (χ2n) is 6.21. The molecule has 2 atom stereocenters. The lowest BCUT2D eigenvalue weighted by molar-refractivity contribution is -0.131. The average Bonchev–Trinajstić information content (AvgIpc) is 3.11. The topological polar surface area (TPSA) is 62.3 Å². The Kier molecular flexibility index (Phi) is 5.07. The first kappa shape index (κ1) is 17.1. The largest absolute Gasteiger partial charge is 0.348 e. The Labute approximate surface area is 145 Å². The van der Waals surface area contributed by atoms with Crippen molar-refractivity contribution in [2.45, 2.75) is 31.8 Å². The normalized spacial score (nSPS) is 18.0. The summed E-state index contributed by atoms with van der Waals surface area (Å²) in [6.45, 7) is 2.52. The molecule has 1 aliphatic heterocycles. The van der Waals surface area contributed by atoms with Crippen molar-refractivity contribution in [2.24, 2.45) is 0 Å². The summed E-state index contributed by atoms with van der Waals surface area (Å²) in [7, 11) is 0. The maximum atomic E-state index is 13.8. The first-order chi connectivity index (χ1) is 12.1. The first-order valence-corrected chi connectivity index (χ1v) is 8.31. The summed E-state index contributed by atoms with van der Waals surface area (Å²) < 4.78 is 13.8. The van der Waals surface area contributed by atoms with Gasteiger partial charge in [-0.25, -0.2) is 4.39 Å². The zero-order chi connectivity index (χ0) is 17.8. The number of hydrogen-bond acceptors (Lipinski definition) is 3. The third-order valence-corrected chi connectivity index (χ3v) is 4.59. The zero-order valence-corrected chi connectivity index (χ0v) is 14.0. The molecule has 1 aromatic heterocycles. The highest BCUT2D eigenvalue weighted by atomic mass is 19.1. The van der Waals surface area contributed by atoms with Crippen molar-refractivity contribution in [3.05, 3.63) is 54.1 Å². The van der Waals surface area contributed by atoms with Crippen molar-refractivity contribution in [1.29, 1.82) is 0 Å². The van der Waals surface area contributed by atoms with Gasteiger partial charge in [0.25, 0.3) is 0 Å². The van der Waals surface area contributed by atoms with Crippen LogP contribution in [0.5, 0.6) is 0 Å². The van der Waals surface area contributed by atoms with Gasteiger partial charge in [-0.1, -0.05) is 24.3 Å². The van der Waals surface area contributed by atoms with Crippen molar-refractivity contribution in [2.75, 3.05) is 6.54 Å². The Morgan fingerprint density at radius 2 is 2.12 bits per heavy atom. The maximum absolute atomic E-state index is 13.8. The predicted molar refractivity (Wildman–Crippen MR) is 92.0 cm³/mol. The van der Waals surface area contributed by atoms with Gasteiger partial charge in [0.15, 0.2) is 0 Å². The van der Waals surface area contributed by atoms with Crippen molar-refractivity contribution in [1.82, 2.24) is 15.2 Å². The van der Waals surface area contributed by atoms with E-state index in [9.17, 15) is 14.0 Å². The Balaban J connectivity index is 1.69. The number of pyridine rings is 1. The molecule has 0 saturated carbocycles. The van der Waals surface area contributed by atoms with Crippen LogP contribution in [0.4, 0.5) is 4.39 Å². The SMILES string of the molecule is CC(NC(=O)C1CCCN1C=O)c1ccc(-c2ccncc2F)cc1. The van der Waals surface area contributed by atoms with E-state index >= 15 is 0 Å². The number of likely N-dealkylation sites (tertiary alicyclic amines) is 1. The van der Waals surface area contributed by atoms with E-state index in [0.717, 1.165) is 24.0 Å². The number of benzene rings is 1. The van der Waals surface area contributed by atoms with Crippen LogP contribution in [0.25, 0.3) is 11.1 Å². The number of hydrogen-bond donors (Lipinski definition) is 1. The van der Waals surface area contributed by atoms with Crippen molar-refractivity contribution >= 4 is 12.3 Å². The quantitative estimate of drug-likeness (QED) is 0.851. The predicted octanol–water partition coefficient (Wildman–Crippen LogP) is 2.69. The minimum atomic E-state index is -0.384. The second kappa shape index (κ2) is 7.42. The molecule has 1 fully saturated rings. The molecule has 0 aliphatic carbocycles. The van der Waals surface area contributed by atoms with E-state index in [1.807, 2.05) is 31.2 Å². The maximum Gasteiger partial charge on any atom is 0.243 e. The second-order valence-corrected chi connectivity index (χ2v) is 6.21. The molecule has 130 valence electrons. The highest BCUT2D eigenvalue weighted by molar-refractivity contribution is 5.84. The highest BCUT2D eigenvalue weighted by Gasteiger charge is 2.30. The van der Waals surface area contributed by atoms with Crippen LogP contribution in [0.1, 0.15) is 31.4 Å². The zero-order valence-electron chi connectivity index (χ0n) is 14.0. The van der Waals surface area contributed by atoms with Gasteiger partial charge in [-0.05, 0) is 37.0 Å². The van der Waals surface area contributed by atoms with Gasteiger partial charge in [-0.15, -0.1) is 0 Å². The van der Waals surface area contributed by atoms with E-state index in [1.54, 1.807) is 12.3 Å². The van der Waals surface area contributed by atoms with Crippen LogP contribution >= 0.6 is 0 Å². The van der Waals surface area contributed by atoms with E-state index in [-0.39, 0.29) is 23.8 Å². The molecule has 2 aromatic rings. The summed E-state index contributed by atoms with van der Waals surface area (Å²) in [5, 5.41) is 2.95. The molecular weight excluding hydrogens is 321 g/mol. The molecule has 1 saturated heterocycles. The third kappa shape index (κ3) is 3.68. The number of carbonyl (C=O) groups is 2. The average molecular weight is 341 g/mol. The Morgan fingerprint density at radius 3 is 2.80 bits per heavy atom. The summed E-state index contributed by atoms with van der Waals surface area (Å²) in [6.07, 6.45) is 5.01. The van der Waals surface area contributed by atoms with Crippen LogP contribution in [0, 0.1) is 5.82 Å². The summed E-state index contributed by atoms with van der Waals surface area (Å²) in [6, 6.07) is 8.43. The molecular formula is C19H20FN3O2. The van der Waals surface area contributed by atoms with Crippen molar-refractivity contribution in [3.63, 3.8) is 0 Å². The smallest absolute Gasteiger partial charge is 0.243 e. The molecule has 2 unspecified atom stereocenters. The van der Waals surface area contributed by atoms with Gasteiger partial charge in [0, 0.05) is 18.3 Å². The molecule has 0 bridgehead atoms. The molecule has 1 N–H and O–H groups in total. The molecule has 5 nitrogen and oxygen atoms in total.